The molecule has 27 heavy (non-hydrogen) atoms. The van der Waals surface area contributed by atoms with Gasteiger partial charge in [0, 0.05) is 11.6 Å². The van der Waals surface area contributed by atoms with E-state index in [0.29, 0.717) is 6.04 Å². The first-order valence-corrected chi connectivity index (χ1v) is 10.5. The lowest BCUT2D eigenvalue weighted by atomic mass is 10.00. The second-order valence-corrected chi connectivity index (χ2v) is 7.43. The average molecular weight is 368 g/mol. The van der Waals surface area contributed by atoms with E-state index >= 15 is 0 Å². The molecule has 0 saturated heterocycles. The van der Waals surface area contributed by atoms with Crippen LogP contribution in [-0.2, 0) is 19.3 Å². The van der Waals surface area contributed by atoms with E-state index in [1.54, 1.807) is 7.11 Å². The molecule has 0 bridgehead atoms. The standard InChI is InChI=1S/C23H33N3O/c1-5-8-11-17(6-2)25-21-15-24-22(20(7-3)26-21)19-14-13-16-10-9-12-18(16)23(19)27-4/h13-15,17H,5-12H2,1-4H3,(H,25,26). The van der Waals surface area contributed by atoms with Crippen molar-refractivity contribution in [2.24, 2.45) is 0 Å². The molecule has 3 rings (SSSR count). The summed E-state index contributed by atoms with van der Waals surface area (Å²) < 4.78 is 5.82. The average Bonchev–Trinajstić information content (AvgIpc) is 3.19. The number of hydrogen-bond donors (Lipinski definition) is 1. The summed E-state index contributed by atoms with van der Waals surface area (Å²) in [5, 5.41) is 3.58. The normalized spacial score (nSPS) is 14.1. The van der Waals surface area contributed by atoms with Crippen molar-refractivity contribution in [1.82, 2.24) is 9.97 Å². The van der Waals surface area contributed by atoms with Gasteiger partial charge in [0.25, 0.3) is 0 Å². The summed E-state index contributed by atoms with van der Waals surface area (Å²) in [5.41, 5.74) is 5.83. The zero-order valence-corrected chi connectivity index (χ0v) is 17.3. The number of aryl methyl sites for hydroxylation is 2. The minimum Gasteiger partial charge on any atom is -0.496 e. The van der Waals surface area contributed by atoms with Crippen LogP contribution in [0.1, 0.15) is 69.7 Å². The molecule has 1 unspecified atom stereocenters. The number of nitrogens with zero attached hydrogens (tertiary/aromatic N) is 2. The third kappa shape index (κ3) is 4.26. The van der Waals surface area contributed by atoms with Crippen LogP contribution in [0, 0.1) is 0 Å². The van der Waals surface area contributed by atoms with Crippen molar-refractivity contribution in [1.29, 1.82) is 0 Å². The van der Waals surface area contributed by atoms with Crippen molar-refractivity contribution < 1.29 is 4.74 Å². The molecule has 0 amide bonds. The highest BCUT2D eigenvalue weighted by molar-refractivity contribution is 5.73. The van der Waals surface area contributed by atoms with E-state index in [1.165, 1.54) is 36.8 Å². The lowest BCUT2D eigenvalue weighted by Gasteiger charge is -2.19. The topological polar surface area (TPSA) is 47.0 Å². The molecule has 1 aliphatic rings. The number of fused-ring (bicyclic) bond motifs is 1. The maximum atomic E-state index is 5.82. The molecule has 0 saturated carbocycles. The Bertz CT molecular complexity index is 772. The minimum absolute atomic E-state index is 0.462. The summed E-state index contributed by atoms with van der Waals surface area (Å²) >= 11 is 0. The van der Waals surface area contributed by atoms with Crippen LogP contribution in [0.2, 0.25) is 0 Å². The number of benzene rings is 1. The lowest BCUT2D eigenvalue weighted by Crippen LogP contribution is -2.19. The SMILES string of the molecule is CCCCC(CC)Nc1cnc(-c2ccc3c(c2OC)CCC3)c(CC)n1. The zero-order chi connectivity index (χ0) is 19.2. The Morgan fingerprint density at radius 2 is 2.04 bits per heavy atom. The molecule has 1 atom stereocenters. The van der Waals surface area contributed by atoms with Crippen molar-refractivity contribution in [3.05, 3.63) is 35.2 Å². The van der Waals surface area contributed by atoms with Gasteiger partial charge in [0.2, 0.25) is 0 Å². The molecule has 146 valence electrons. The maximum Gasteiger partial charge on any atom is 0.145 e. The Labute approximate surface area is 163 Å². The fraction of sp³-hybridized carbons (Fsp3) is 0.565. The molecule has 1 aromatic heterocycles. The molecule has 0 aliphatic heterocycles. The highest BCUT2D eigenvalue weighted by Crippen LogP contribution is 2.39. The van der Waals surface area contributed by atoms with E-state index in [1.807, 2.05) is 6.20 Å². The number of aromatic nitrogens is 2. The minimum atomic E-state index is 0.462. The Hall–Kier alpha value is -2.10. The third-order valence-corrected chi connectivity index (χ3v) is 5.62. The van der Waals surface area contributed by atoms with Gasteiger partial charge in [-0.2, -0.15) is 0 Å². The van der Waals surface area contributed by atoms with Crippen LogP contribution < -0.4 is 10.1 Å². The first-order valence-electron chi connectivity index (χ1n) is 10.5. The molecule has 1 aliphatic carbocycles. The number of unbranched alkanes of at least 4 members (excludes halogenated alkanes) is 1. The summed E-state index contributed by atoms with van der Waals surface area (Å²) in [6, 6.07) is 4.87. The van der Waals surface area contributed by atoms with Crippen molar-refractivity contribution >= 4 is 5.82 Å². The van der Waals surface area contributed by atoms with Crippen molar-refractivity contribution in [2.45, 2.75) is 78.2 Å². The van der Waals surface area contributed by atoms with Crippen LogP contribution in [0.25, 0.3) is 11.3 Å². The molecule has 0 fully saturated rings. The van der Waals surface area contributed by atoms with Crippen molar-refractivity contribution in [3.8, 4) is 17.0 Å². The van der Waals surface area contributed by atoms with Gasteiger partial charge in [-0.3, -0.25) is 4.98 Å². The molecule has 0 radical (unpaired) electrons. The van der Waals surface area contributed by atoms with Crippen LogP contribution in [-0.4, -0.2) is 23.1 Å². The summed E-state index contributed by atoms with van der Waals surface area (Å²) in [6.45, 7) is 6.61. The van der Waals surface area contributed by atoms with E-state index in [0.717, 1.165) is 54.2 Å². The van der Waals surface area contributed by atoms with Crippen LogP contribution in [0.4, 0.5) is 5.82 Å². The first kappa shape index (κ1) is 19.7. The summed E-state index contributed by atoms with van der Waals surface area (Å²) in [5.74, 6) is 1.88. The Balaban J connectivity index is 1.91. The van der Waals surface area contributed by atoms with Gasteiger partial charge >= 0.3 is 0 Å². The highest BCUT2D eigenvalue weighted by atomic mass is 16.5. The van der Waals surface area contributed by atoms with Gasteiger partial charge in [0.1, 0.15) is 11.6 Å². The number of methoxy groups -OCH3 is 1. The molecular formula is C23H33N3O. The van der Waals surface area contributed by atoms with E-state index in [2.05, 4.69) is 38.2 Å². The molecule has 4 heteroatoms. The number of nitrogens with one attached hydrogen (secondary N) is 1. The lowest BCUT2D eigenvalue weighted by molar-refractivity contribution is 0.412. The number of rotatable bonds is 9. The number of ether oxygens (including phenoxy) is 1. The van der Waals surface area contributed by atoms with Gasteiger partial charge < -0.3 is 10.1 Å². The first-order chi connectivity index (χ1) is 13.2. The number of hydrogen-bond acceptors (Lipinski definition) is 4. The fourth-order valence-electron chi connectivity index (χ4n) is 4.06. The Morgan fingerprint density at radius 1 is 1.19 bits per heavy atom. The molecule has 2 aromatic rings. The second kappa shape index (κ2) is 9.20. The van der Waals surface area contributed by atoms with Gasteiger partial charge in [-0.15, -0.1) is 0 Å². The summed E-state index contributed by atoms with van der Waals surface area (Å²) in [7, 11) is 1.77. The van der Waals surface area contributed by atoms with Gasteiger partial charge in [-0.1, -0.05) is 39.7 Å². The quantitative estimate of drug-likeness (QED) is 0.628. The van der Waals surface area contributed by atoms with Crippen LogP contribution in [0.5, 0.6) is 5.75 Å². The molecule has 1 heterocycles. The molecular weight excluding hydrogens is 334 g/mol. The largest absolute Gasteiger partial charge is 0.496 e. The van der Waals surface area contributed by atoms with Gasteiger partial charge in [0.05, 0.1) is 24.7 Å². The Morgan fingerprint density at radius 3 is 2.74 bits per heavy atom. The second-order valence-electron chi connectivity index (χ2n) is 7.43. The molecule has 4 nitrogen and oxygen atoms in total. The highest BCUT2D eigenvalue weighted by Gasteiger charge is 2.22. The Kier molecular flexibility index (Phi) is 6.70. The van der Waals surface area contributed by atoms with Crippen LogP contribution in [0.15, 0.2) is 18.3 Å². The van der Waals surface area contributed by atoms with Crippen molar-refractivity contribution in [2.75, 3.05) is 12.4 Å². The maximum absolute atomic E-state index is 5.82. The van der Waals surface area contributed by atoms with Crippen LogP contribution >= 0.6 is 0 Å². The summed E-state index contributed by atoms with van der Waals surface area (Å²) in [4.78, 5) is 9.72. The fourth-order valence-corrected chi connectivity index (χ4v) is 4.06. The predicted octanol–water partition coefficient (Wildman–Crippen LogP) is 5.58. The summed E-state index contributed by atoms with van der Waals surface area (Å²) in [6.07, 6.45) is 10.9. The molecule has 1 N–H and O–H groups in total. The van der Waals surface area contributed by atoms with E-state index < -0.39 is 0 Å². The van der Waals surface area contributed by atoms with E-state index in [-0.39, 0.29) is 0 Å². The van der Waals surface area contributed by atoms with Gasteiger partial charge in [0.15, 0.2) is 0 Å². The van der Waals surface area contributed by atoms with Gasteiger partial charge in [-0.05, 0) is 55.7 Å². The molecule has 0 spiro atoms. The molecule has 1 aromatic carbocycles. The van der Waals surface area contributed by atoms with E-state index in [4.69, 9.17) is 14.7 Å². The van der Waals surface area contributed by atoms with E-state index in [9.17, 15) is 0 Å². The van der Waals surface area contributed by atoms with Crippen LogP contribution in [0.3, 0.4) is 0 Å². The van der Waals surface area contributed by atoms with Gasteiger partial charge in [-0.25, -0.2) is 4.98 Å². The monoisotopic (exact) mass is 367 g/mol. The smallest absolute Gasteiger partial charge is 0.145 e. The van der Waals surface area contributed by atoms with Crippen molar-refractivity contribution in [3.63, 3.8) is 0 Å². The zero-order valence-electron chi connectivity index (χ0n) is 17.3. The number of anilines is 1. The third-order valence-electron chi connectivity index (χ3n) is 5.62. The predicted molar refractivity (Wildman–Crippen MR) is 113 cm³/mol.